The molecular formula is C13H18N4S. The average molecular weight is 262 g/mol. The lowest BCUT2D eigenvalue weighted by Gasteiger charge is -2.30. The fraction of sp³-hybridized carbons (Fsp3) is 0.462. The molecule has 18 heavy (non-hydrogen) atoms. The highest BCUT2D eigenvalue weighted by Gasteiger charge is 2.23. The molecule has 4 nitrogen and oxygen atoms in total. The molecule has 1 atom stereocenters. The molecule has 1 unspecified atom stereocenters. The van der Waals surface area contributed by atoms with Gasteiger partial charge in [-0.2, -0.15) is 0 Å². The van der Waals surface area contributed by atoms with Gasteiger partial charge in [-0.3, -0.25) is 0 Å². The zero-order chi connectivity index (χ0) is 12.5. The Balaban J connectivity index is 1.88. The fourth-order valence-corrected chi connectivity index (χ4v) is 3.51. The molecule has 1 aliphatic heterocycles. The van der Waals surface area contributed by atoms with E-state index in [1.807, 2.05) is 12.4 Å². The fourth-order valence-electron chi connectivity index (χ4n) is 2.38. The number of likely N-dealkylation sites (N-methyl/N-ethyl adjacent to an activating group) is 1. The number of aryl methyl sites for hydroxylation is 1. The molecule has 0 radical (unpaired) electrons. The molecule has 2 aromatic rings. The molecule has 3 rings (SSSR count). The number of rotatable bonds is 2. The van der Waals surface area contributed by atoms with Crippen molar-refractivity contribution in [3.8, 4) is 10.6 Å². The van der Waals surface area contributed by atoms with E-state index in [1.165, 1.54) is 10.4 Å². The number of nitrogens with one attached hydrogen (secondary N) is 2. The summed E-state index contributed by atoms with van der Waals surface area (Å²) in [5.41, 5.74) is 2.34. The number of hydrogen-bond donors (Lipinski definition) is 2. The van der Waals surface area contributed by atoms with Gasteiger partial charge in [0.05, 0.1) is 11.7 Å². The first kappa shape index (κ1) is 11.9. The third-order valence-electron chi connectivity index (χ3n) is 3.37. The topological polar surface area (TPSA) is 44.0 Å². The van der Waals surface area contributed by atoms with Crippen molar-refractivity contribution in [1.82, 2.24) is 20.2 Å². The van der Waals surface area contributed by atoms with Crippen LogP contribution in [0.25, 0.3) is 10.6 Å². The summed E-state index contributed by atoms with van der Waals surface area (Å²) in [4.78, 5) is 11.5. The highest BCUT2D eigenvalue weighted by Crippen LogP contribution is 2.32. The Morgan fingerprint density at radius 2 is 2.39 bits per heavy atom. The molecule has 3 heterocycles. The average Bonchev–Trinajstić information content (AvgIpc) is 2.97. The number of nitrogens with zero attached hydrogens (tertiary/aromatic N) is 2. The third-order valence-corrected chi connectivity index (χ3v) is 4.69. The first-order chi connectivity index (χ1) is 8.74. The number of hydrogen-bond acceptors (Lipinski definition) is 4. The van der Waals surface area contributed by atoms with Crippen LogP contribution in [0.5, 0.6) is 0 Å². The predicted octanol–water partition coefficient (Wildman–Crippen LogP) is 2.02. The number of thiazole rings is 1. The molecule has 1 fully saturated rings. The first-order valence-electron chi connectivity index (χ1n) is 6.26. The van der Waals surface area contributed by atoms with Crippen LogP contribution in [-0.2, 0) is 0 Å². The quantitative estimate of drug-likeness (QED) is 0.870. The summed E-state index contributed by atoms with van der Waals surface area (Å²) in [7, 11) is 2.18. The normalized spacial score (nSPS) is 21.3. The Bertz CT molecular complexity index is 517. The lowest BCUT2D eigenvalue weighted by atomic mass is 10.1. The highest BCUT2D eigenvalue weighted by atomic mass is 32.1. The van der Waals surface area contributed by atoms with Gasteiger partial charge in [-0.15, -0.1) is 11.3 Å². The second-order valence-corrected chi connectivity index (χ2v) is 5.87. The minimum Gasteiger partial charge on any atom is -0.367 e. The van der Waals surface area contributed by atoms with Gasteiger partial charge < -0.3 is 15.2 Å². The Kier molecular flexibility index (Phi) is 3.20. The van der Waals surface area contributed by atoms with Crippen LogP contribution in [0.3, 0.4) is 0 Å². The molecule has 1 aliphatic rings. The van der Waals surface area contributed by atoms with Crippen molar-refractivity contribution in [3.63, 3.8) is 0 Å². The van der Waals surface area contributed by atoms with E-state index in [0.717, 1.165) is 30.3 Å². The summed E-state index contributed by atoms with van der Waals surface area (Å²) >= 11 is 1.81. The maximum atomic E-state index is 4.69. The van der Waals surface area contributed by atoms with E-state index in [4.69, 9.17) is 4.98 Å². The van der Waals surface area contributed by atoms with E-state index in [2.05, 4.69) is 35.2 Å². The SMILES string of the molecule is Cc1nc(-c2cc[nH]c2)sc1C1CN(C)CCN1. The van der Waals surface area contributed by atoms with Gasteiger partial charge in [-0.25, -0.2) is 4.98 Å². The summed E-state index contributed by atoms with van der Waals surface area (Å²) in [6, 6.07) is 2.50. The Labute approximate surface area is 111 Å². The maximum absolute atomic E-state index is 4.69. The highest BCUT2D eigenvalue weighted by molar-refractivity contribution is 7.15. The molecule has 2 N–H and O–H groups in total. The van der Waals surface area contributed by atoms with Crippen LogP contribution in [-0.4, -0.2) is 41.5 Å². The molecule has 2 aromatic heterocycles. The second kappa shape index (κ2) is 4.84. The molecule has 0 aromatic carbocycles. The maximum Gasteiger partial charge on any atom is 0.125 e. The standard InChI is InChI=1S/C13H18N4S/c1-9-12(11-8-17(2)6-5-15-11)18-13(16-9)10-3-4-14-7-10/h3-4,7,11,14-15H,5-6,8H2,1-2H3. The molecule has 0 aliphatic carbocycles. The van der Waals surface area contributed by atoms with Gasteiger partial charge in [0.2, 0.25) is 0 Å². The lowest BCUT2D eigenvalue weighted by Crippen LogP contribution is -2.43. The van der Waals surface area contributed by atoms with E-state index in [0.29, 0.717) is 6.04 Å². The van der Waals surface area contributed by atoms with E-state index in [1.54, 1.807) is 11.3 Å². The second-order valence-electron chi connectivity index (χ2n) is 4.84. The van der Waals surface area contributed by atoms with Crippen molar-refractivity contribution in [2.75, 3.05) is 26.7 Å². The monoisotopic (exact) mass is 262 g/mol. The molecular weight excluding hydrogens is 244 g/mol. The summed E-state index contributed by atoms with van der Waals surface area (Å²) in [6.45, 7) is 5.35. The van der Waals surface area contributed by atoms with Crippen LogP contribution in [0, 0.1) is 6.92 Å². The summed E-state index contributed by atoms with van der Waals surface area (Å²) < 4.78 is 0. The van der Waals surface area contributed by atoms with Crippen LogP contribution in [0.2, 0.25) is 0 Å². The minimum atomic E-state index is 0.425. The summed E-state index contributed by atoms with van der Waals surface area (Å²) in [5.74, 6) is 0. The summed E-state index contributed by atoms with van der Waals surface area (Å²) in [6.07, 6.45) is 3.95. The van der Waals surface area contributed by atoms with Crippen molar-refractivity contribution in [1.29, 1.82) is 0 Å². The molecule has 0 spiro atoms. The van der Waals surface area contributed by atoms with Crippen molar-refractivity contribution >= 4 is 11.3 Å². The number of H-pyrrole nitrogens is 1. The van der Waals surface area contributed by atoms with Gasteiger partial charge >= 0.3 is 0 Å². The molecule has 1 saturated heterocycles. The van der Waals surface area contributed by atoms with Crippen molar-refractivity contribution in [2.45, 2.75) is 13.0 Å². The van der Waals surface area contributed by atoms with Crippen molar-refractivity contribution < 1.29 is 0 Å². The van der Waals surface area contributed by atoms with E-state index in [9.17, 15) is 0 Å². The first-order valence-corrected chi connectivity index (χ1v) is 7.08. The Morgan fingerprint density at radius 1 is 1.50 bits per heavy atom. The van der Waals surface area contributed by atoms with Crippen molar-refractivity contribution in [2.24, 2.45) is 0 Å². The van der Waals surface area contributed by atoms with Crippen LogP contribution >= 0.6 is 11.3 Å². The van der Waals surface area contributed by atoms with E-state index >= 15 is 0 Å². The molecule has 0 bridgehead atoms. The van der Waals surface area contributed by atoms with Gasteiger partial charge in [0, 0.05) is 42.5 Å². The molecule has 0 amide bonds. The largest absolute Gasteiger partial charge is 0.367 e. The Hall–Kier alpha value is -1.17. The van der Waals surface area contributed by atoms with Gasteiger partial charge in [0.15, 0.2) is 0 Å². The molecule has 0 saturated carbocycles. The van der Waals surface area contributed by atoms with Gasteiger partial charge in [0.1, 0.15) is 5.01 Å². The molecule has 5 heteroatoms. The number of piperazine rings is 1. The number of aromatic nitrogens is 2. The lowest BCUT2D eigenvalue weighted by molar-refractivity contribution is 0.242. The third kappa shape index (κ3) is 2.21. The van der Waals surface area contributed by atoms with Crippen LogP contribution in [0.4, 0.5) is 0 Å². The predicted molar refractivity (Wildman–Crippen MR) is 74.9 cm³/mol. The van der Waals surface area contributed by atoms with E-state index in [-0.39, 0.29) is 0 Å². The van der Waals surface area contributed by atoms with E-state index < -0.39 is 0 Å². The Morgan fingerprint density at radius 3 is 3.11 bits per heavy atom. The van der Waals surface area contributed by atoms with Crippen LogP contribution < -0.4 is 5.32 Å². The zero-order valence-corrected chi connectivity index (χ0v) is 11.5. The zero-order valence-electron chi connectivity index (χ0n) is 10.7. The van der Waals surface area contributed by atoms with Gasteiger partial charge in [0.25, 0.3) is 0 Å². The van der Waals surface area contributed by atoms with Crippen LogP contribution in [0.15, 0.2) is 18.5 Å². The van der Waals surface area contributed by atoms with Crippen molar-refractivity contribution in [3.05, 3.63) is 29.0 Å². The molecule has 96 valence electrons. The number of aromatic amines is 1. The minimum absolute atomic E-state index is 0.425. The van der Waals surface area contributed by atoms with Gasteiger partial charge in [-0.1, -0.05) is 0 Å². The smallest absolute Gasteiger partial charge is 0.125 e. The van der Waals surface area contributed by atoms with Crippen LogP contribution in [0.1, 0.15) is 16.6 Å². The van der Waals surface area contributed by atoms with Gasteiger partial charge in [-0.05, 0) is 20.0 Å². The summed E-state index contributed by atoms with van der Waals surface area (Å²) in [5, 5.41) is 4.70.